The molecule has 0 aliphatic heterocycles. The third kappa shape index (κ3) is 2.60. The summed E-state index contributed by atoms with van der Waals surface area (Å²) in [5.74, 6) is 0.342. The highest BCUT2D eigenvalue weighted by molar-refractivity contribution is 6.01. The van der Waals surface area contributed by atoms with Crippen LogP contribution in [0.1, 0.15) is 15.9 Å². The van der Waals surface area contributed by atoms with Crippen LogP contribution < -0.4 is 4.74 Å². The molecule has 0 bridgehead atoms. The number of ether oxygens (including phenoxy) is 2. The van der Waals surface area contributed by atoms with E-state index in [9.17, 15) is 4.79 Å². The zero-order chi connectivity index (χ0) is 14.7. The smallest absolute Gasteiger partial charge is 0.338 e. The van der Waals surface area contributed by atoms with E-state index in [4.69, 9.17) is 9.47 Å². The Morgan fingerprint density at radius 2 is 1.80 bits per heavy atom. The van der Waals surface area contributed by atoms with Crippen LogP contribution >= 0.6 is 0 Å². The fraction of sp³-hybridized carbons (Fsp3) is 0.312. The Kier molecular flexibility index (Phi) is 4.25. The second-order valence-corrected chi connectivity index (χ2v) is 4.88. The summed E-state index contributed by atoms with van der Waals surface area (Å²) in [5, 5.41) is 2.01. The molecule has 0 saturated carbocycles. The first-order chi connectivity index (χ1) is 9.58. The third-order valence-electron chi connectivity index (χ3n) is 3.22. The van der Waals surface area contributed by atoms with Crippen LogP contribution in [0.5, 0.6) is 5.75 Å². The van der Waals surface area contributed by atoms with Crippen LogP contribution in [0.2, 0.25) is 0 Å². The molecular weight excluding hydrogens is 254 g/mol. The first-order valence-electron chi connectivity index (χ1n) is 6.40. The Balaban J connectivity index is 2.78. The van der Waals surface area contributed by atoms with Crippen LogP contribution in [-0.2, 0) is 11.3 Å². The SMILES string of the molecule is COC(=O)c1cc(OC)c2ccccc2c1CN(C)C. The first kappa shape index (κ1) is 14.3. The molecule has 2 rings (SSSR count). The molecule has 0 heterocycles. The van der Waals surface area contributed by atoms with E-state index in [0.29, 0.717) is 17.9 Å². The summed E-state index contributed by atoms with van der Waals surface area (Å²) in [6.45, 7) is 0.662. The van der Waals surface area contributed by atoms with Gasteiger partial charge in [-0.3, -0.25) is 0 Å². The molecule has 0 N–H and O–H groups in total. The number of methoxy groups -OCH3 is 2. The minimum atomic E-state index is -0.342. The quantitative estimate of drug-likeness (QED) is 0.803. The highest BCUT2D eigenvalue weighted by Gasteiger charge is 2.18. The topological polar surface area (TPSA) is 38.8 Å². The Morgan fingerprint density at radius 3 is 2.35 bits per heavy atom. The number of fused-ring (bicyclic) bond motifs is 1. The lowest BCUT2D eigenvalue weighted by molar-refractivity contribution is 0.0598. The number of esters is 1. The number of carbonyl (C=O) groups is 1. The number of benzene rings is 2. The van der Waals surface area contributed by atoms with Gasteiger partial charge in [0.05, 0.1) is 19.8 Å². The van der Waals surface area contributed by atoms with E-state index >= 15 is 0 Å². The molecule has 106 valence electrons. The van der Waals surface area contributed by atoms with E-state index in [-0.39, 0.29) is 5.97 Å². The Labute approximate surface area is 118 Å². The Hall–Kier alpha value is -2.07. The van der Waals surface area contributed by atoms with Crippen molar-refractivity contribution in [2.75, 3.05) is 28.3 Å². The van der Waals surface area contributed by atoms with Gasteiger partial charge in [-0.2, -0.15) is 0 Å². The molecule has 2 aromatic rings. The standard InChI is InChI=1S/C16H19NO3/c1-17(2)10-14-11-7-5-6-8-12(11)15(19-3)9-13(14)16(18)20-4/h5-9H,10H2,1-4H3. The van der Waals surface area contributed by atoms with Crippen LogP contribution in [0.15, 0.2) is 30.3 Å². The maximum absolute atomic E-state index is 12.0. The van der Waals surface area contributed by atoms with Crippen LogP contribution in [0.3, 0.4) is 0 Å². The number of carbonyl (C=O) groups excluding carboxylic acids is 1. The van der Waals surface area contributed by atoms with Gasteiger partial charge in [0.15, 0.2) is 0 Å². The molecule has 0 aliphatic rings. The normalized spacial score (nSPS) is 10.8. The van der Waals surface area contributed by atoms with Gasteiger partial charge in [-0.1, -0.05) is 24.3 Å². The van der Waals surface area contributed by atoms with Gasteiger partial charge in [0, 0.05) is 11.9 Å². The minimum Gasteiger partial charge on any atom is -0.496 e. The highest BCUT2D eigenvalue weighted by atomic mass is 16.5. The van der Waals surface area contributed by atoms with Crippen molar-refractivity contribution in [1.29, 1.82) is 0 Å². The zero-order valence-corrected chi connectivity index (χ0v) is 12.3. The summed E-state index contributed by atoms with van der Waals surface area (Å²) in [7, 11) is 6.94. The largest absolute Gasteiger partial charge is 0.496 e. The molecular formula is C16H19NO3. The van der Waals surface area contributed by atoms with Crippen molar-refractivity contribution >= 4 is 16.7 Å². The van der Waals surface area contributed by atoms with Gasteiger partial charge < -0.3 is 14.4 Å². The number of hydrogen-bond acceptors (Lipinski definition) is 4. The summed E-state index contributed by atoms with van der Waals surface area (Å²) < 4.78 is 10.3. The summed E-state index contributed by atoms with van der Waals surface area (Å²) in [6, 6.07) is 9.68. The van der Waals surface area contributed by atoms with E-state index in [1.807, 2.05) is 43.3 Å². The van der Waals surface area contributed by atoms with Crippen molar-refractivity contribution in [3.8, 4) is 5.75 Å². The molecule has 4 heteroatoms. The van der Waals surface area contributed by atoms with Crippen molar-refractivity contribution in [3.05, 3.63) is 41.5 Å². The summed E-state index contributed by atoms with van der Waals surface area (Å²) in [4.78, 5) is 14.1. The molecule has 0 radical (unpaired) electrons. The number of nitrogens with zero attached hydrogens (tertiary/aromatic N) is 1. The predicted molar refractivity (Wildman–Crippen MR) is 79.2 cm³/mol. The molecule has 0 unspecified atom stereocenters. The maximum atomic E-state index is 12.0. The van der Waals surface area contributed by atoms with E-state index in [2.05, 4.69) is 0 Å². The maximum Gasteiger partial charge on any atom is 0.338 e. The fourth-order valence-electron chi connectivity index (χ4n) is 2.35. The molecule has 0 spiro atoms. The van der Waals surface area contributed by atoms with Crippen molar-refractivity contribution < 1.29 is 14.3 Å². The molecule has 4 nitrogen and oxygen atoms in total. The monoisotopic (exact) mass is 273 g/mol. The molecule has 2 aromatic carbocycles. The molecule has 0 fully saturated rings. The van der Waals surface area contributed by atoms with E-state index in [1.54, 1.807) is 13.2 Å². The second kappa shape index (κ2) is 5.92. The first-order valence-corrected chi connectivity index (χ1v) is 6.40. The number of hydrogen-bond donors (Lipinski definition) is 0. The predicted octanol–water partition coefficient (Wildman–Crippen LogP) is 2.70. The lowest BCUT2D eigenvalue weighted by Gasteiger charge is -2.17. The van der Waals surface area contributed by atoms with Gasteiger partial charge in [0.2, 0.25) is 0 Å². The van der Waals surface area contributed by atoms with Gasteiger partial charge in [0.1, 0.15) is 5.75 Å². The zero-order valence-electron chi connectivity index (χ0n) is 12.3. The van der Waals surface area contributed by atoms with Crippen molar-refractivity contribution in [2.45, 2.75) is 6.54 Å². The molecule has 0 saturated heterocycles. The van der Waals surface area contributed by atoms with Gasteiger partial charge in [-0.15, -0.1) is 0 Å². The molecule has 20 heavy (non-hydrogen) atoms. The molecule has 0 amide bonds. The second-order valence-electron chi connectivity index (χ2n) is 4.88. The van der Waals surface area contributed by atoms with Crippen LogP contribution in [0.25, 0.3) is 10.8 Å². The number of rotatable bonds is 4. The van der Waals surface area contributed by atoms with E-state index in [0.717, 1.165) is 16.3 Å². The molecule has 0 aromatic heterocycles. The minimum absolute atomic E-state index is 0.342. The highest BCUT2D eigenvalue weighted by Crippen LogP contribution is 2.32. The van der Waals surface area contributed by atoms with Gasteiger partial charge in [-0.25, -0.2) is 4.79 Å². The van der Waals surface area contributed by atoms with Crippen molar-refractivity contribution in [1.82, 2.24) is 4.90 Å². The lowest BCUT2D eigenvalue weighted by Crippen LogP contribution is -2.15. The lowest BCUT2D eigenvalue weighted by atomic mass is 9.97. The molecule has 0 atom stereocenters. The average molecular weight is 273 g/mol. The van der Waals surface area contributed by atoms with Crippen molar-refractivity contribution in [3.63, 3.8) is 0 Å². The summed E-state index contributed by atoms with van der Waals surface area (Å²) in [5.41, 5.74) is 1.51. The van der Waals surface area contributed by atoms with Gasteiger partial charge in [0.25, 0.3) is 0 Å². The molecule has 0 aliphatic carbocycles. The van der Waals surface area contributed by atoms with Crippen molar-refractivity contribution in [2.24, 2.45) is 0 Å². The van der Waals surface area contributed by atoms with Gasteiger partial charge in [-0.05, 0) is 31.1 Å². The summed E-state index contributed by atoms with van der Waals surface area (Å²) >= 11 is 0. The Bertz CT molecular complexity index is 635. The van der Waals surface area contributed by atoms with Crippen LogP contribution in [-0.4, -0.2) is 39.2 Å². The van der Waals surface area contributed by atoms with E-state index in [1.165, 1.54) is 7.11 Å². The Morgan fingerprint density at radius 1 is 1.15 bits per heavy atom. The fourth-order valence-corrected chi connectivity index (χ4v) is 2.35. The average Bonchev–Trinajstić information content (AvgIpc) is 2.46. The summed E-state index contributed by atoms with van der Waals surface area (Å²) in [6.07, 6.45) is 0. The van der Waals surface area contributed by atoms with Gasteiger partial charge >= 0.3 is 5.97 Å². The van der Waals surface area contributed by atoms with Crippen LogP contribution in [0, 0.1) is 0 Å². The van der Waals surface area contributed by atoms with E-state index < -0.39 is 0 Å². The van der Waals surface area contributed by atoms with Crippen LogP contribution in [0.4, 0.5) is 0 Å². The third-order valence-corrected chi connectivity index (χ3v) is 3.22.